The highest BCUT2D eigenvalue weighted by Crippen LogP contribution is 2.37. The molecule has 0 radical (unpaired) electrons. The Labute approximate surface area is 97.0 Å². The number of nitrogens with zero attached hydrogens (tertiary/aromatic N) is 3. The average molecular weight is 239 g/mol. The predicted molar refractivity (Wildman–Crippen MR) is 59.0 cm³/mol. The third kappa shape index (κ3) is 1.69. The van der Waals surface area contributed by atoms with Gasteiger partial charge in [0.2, 0.25) is 11.0 Å². The van der Waals surface area contributed by atoms with Gasteiger partial charge in [0.1, 0.15) is 0 Å². The van der Waals surface area contributed by atoms with Gasteiger partial charge in [-0.2, -0.15) is 0 Å². The summed E-state index contributed by atoms with van der Waals surface area (Å²) in [6.07, 6.45) is 3.66. The van der Waals surface area contributed by atoms with Crippen molar-refractivity contribution in [3.05, 3.63) is 0 Å². The molecule has 86 valence electrons. The van der Waals surface area contributed by atoms with Crippen molar-refractivity contribution >= 4 is 22.6 Å². The minimum Gasteiger partial charge on any atom is -0.305 e. The Bertz CT molecular complexity index is 381. The summed E-state index contributed by atoms with van der Waals surface area (Å²) in [4.78, 5) is 12.0. The fourth-order valence-corrected chi connectivity index (χ4v) is 3.21. The lowest BCUT2D eigenvalue weighted by Crippen LogP contribution is -2.39. The van der Waals surface area contributed by atoms with Crippen LogP contribution in [0.5, 0.6) is 0 Å². The van der Waals surface area contributed by atoms with E-state index < -0.39 is 0 Å². The molecule has 0 aromatic carbocycles. The highest BCUT2D eigenvalue weighted by Gasteiger charge is 2.42. The van der Waals surface area contributed by atoms with Crippen LogP contribution in [0.25, 0.3) is 0 Å². The van der Waals surface area contributed by atoms with Gasteiger partial charge in [0, 0.05) is 11.5 Å². The molecule has 6 nitrogen and oxygen atoms in total. The van der Waals surface area contributed by atoms with E-state index in [0.29, 0.717) is 17.0 Å². The molecule has 3 atom stereocenters. The zero-order valence-corrected chi connectivity index (χ0v) is 9.54. The van der Waals surface area contributed by atoms with Gasteiger partial charge in [-0.25, -0.2) is 0 Å². The van der Waals surface area contributed by atoms with Crippen molar-refractivity contribution in [2.45, 2.75) is 25.3 Å². The van der Waals surface area contributed by atoms with Crippen LogP contribution in [0, 0.1) is 11.8 Å². The van der Waals surface area contributed by atoms with Crippen molar-refractivity contribution < 1.29 is 4.79 Å². The summed E-state index contributed by atoms with van der Waals surface area (Å²) in [5, 5.41) is 13.7. The Morgan fingerprint density at radius 2 is 2.44 bits per heavy atom. The maximum atomic E-state index is 12.0. The zero-order valence-electron chi connectivity index (χ0n) is 8.72. The van der Waals surface area contributed by atoms with E-state index >= 15 is 0 Å². The Morgan fingerprint density at radius 3 is 3.25 bits per heavy atom. The predicted octanol–water partition coefficient (Wildman–Crippen LogP) is 0.260. The van der Waals surface area contributed by atoms with Crippen LogP contribution in [-0.2, 0) is 4.79 Å². The average Bonchev–Trinajstić information content (AvgIpc) is 2.92. The number of fused-ring (bicyclic) bond motifs is 1. The van der Waals surface area contributed by atoms with E-state index in [1.54, 1.807) is 0 Å². The van der Waals surface area contributed by atoms with Crippen molar-refractivity contribution in [1.29, 1.82) is 0 Å². The second-order valence-electron chi connectivity index (χ2n) is 4.40. The van der Waals surface area contributed by atoms with Gasteiger partial charge in [-0.15, -0.1) is 0 Å². The van der Waals surface area contributed by atoms with Gasteiger partial charge < -0.3 is 5.32 Å². The molecule has 1 aromatic rings. The second-order valence-corrected chi connectivity index (χ2v) is 5.13. The summed E-state index contributed by atoms with van der Waals surface area (Å²) in [6, 6.07) is -0.0589. The van der Waals surface area contributed by atoms with Crippen molar-refractivity contribution in [2.24, 2.45) is 11.8 Å². The molecule has 2 heterocycles. The van der Waals surface area contributed by atoms with Crippen molar-refractivity contribution in [3.8, 4) is 0 Å². The van der Waals surface area contributed by atoms with E-state index in [4.69, 9.17) is 0 Å². The molecule has 1 amide bonds. The van der Waals surface area contributed by atoms with Crippen LogP contribution in [0.3, 0.4) is 0 Å². The monoisotopic (exact) mass is 239 g/mol. The van der Waals surface area contributed by atoms with Gasteiger partial charge in [0.05, 0.1) is 6.04 Å². The molecule has 1 saturated carbocycles. The molecule has 2 N–H and O–H groups in total. The summed E-state index contributed by atoms with van der Waals surface area (Å²) in [7, 11) is 0. The molecule has 0 spiro atoms. The van der Waals surface area contributed by atoms with Crippen LogP contribution in [0.1, 0.15) is 19.3 Å². The molecule has 2 fully saturated rings. The zero-order chi connectivity index (χ0) is 11.0. The number of nitrogens with one attached hydrogen (secondary N) is 2. The lowest BCUT2D eigenvalue weighted by Gasteiger charge is -2.16. The van der Waals surface area contributed by atoms with Gasteiger partial charge in [0.25, 0.3) is 0 Å². The topological polar surface area (TPSA) is 79.8 Å². The van der Waals surface area contributed by atoms with Gasteiger partial charge >= 0.3 is 0 Å². The number of aromatic nitrogens is 3. The molecular formula is C9H13N5OS. The minimum atomic E-state index is -0.0589. The van der Waals surface area contributed by atoms with Crippen LogP contribution in [-0.4, -0.2) is 33.3 Å². The Kier molecular flexibility index (Phi) is 2.56. The first-order valence-corrected chi connectivity index (χ1v) is 6.31. The smallest absolute Gasteiger partial charge is 0.243 e. The molecule has 1 saturated heterocycles. The molecule has 1 aromatic heterocycles. The largest absolute Gasteiger partial charge is 0.305 e. The minimum absolute atomic E-state index is 0.00736. The lowest BCUT2D eigenvalue weighted by molar-refractivity contribution is -0.118. The van der Waals surface area contributed by atoms with Crippen LogP contribution < -0.4 is 10.6 Å². The van der Waals surface area contributed by atoms with E-state index in [2.05, 4.69) is 25.4 Å². The molecular weight excluding hydrogens is 226 g/mol. The summed E-state index contributed by atoms with van der Waals surface area (Å²) in [5.74, 6) is 1.19. The summed E-state index contributed by atoms with van der Waals surface area (Å²) < 4.78 is 3.61. The first kappa shape index (κ1) is 10.1. The first-order chi connectivity index (χ1) is 7.84. The summed E-state index contributed by atoms with van der Waals surface area (Å²) >= 11 is 1.10. The number of hydrogen-bond acceptors (Lipinski definition) is 6. The maximum Gasteiger partial charge on any atom is 0.243 e. The molecule has 3 unspecified atom stereocenters. The number of anilines is 1. The van der Waals surface area contributed by atoms with Crippen molar-refractivity contribution in [1.82, 2.24) is 20.1 Å². The normalized spacial score (nSPS) is 32.6. The van der Waals surface area contributed by atoms with Gasteiger partial charge in [-0.1, -0.05) is 16.0 Å². The standard InChI is InChI=1S/C9H13N5OS/c15-8(11-9-12-13-14-16-9)7-6-3-1-2-5(6)4-10-7/h5-7,10H,1-4H2,(H,11,12,14,15). The Hall–Kier alpha value is -1.08. The molecule has 16 heavy (non-hydrogen) atoms. The summed E-state index contributed by atoms with van der Waals surface area (Å²) in [6.45, 7) is 0.969. The highest BCUT2D eigenvalue weighted by atomic mass is 32.1. The number of carbonyl (C=O) groups is 1. The fourth-order valence-electron chi connectivity index (χ4n) is 2.84. The van der Waals surface area contributed by atoms with E-state index in [1.807, 2.05) is 0 Å². The van der Waals surface area contributed by atoms with Crippen molar-refractivity contribution in [3.63, 3.8) is 0 Å². The molecule has 0 bridgehead atoms. The number of hydrogen-bond donors (Lipinski definition) is 2. The number of rotatable bonds is 2. The number of amides is 1. The van der Waals surface area contributed by atoms with E-state index in [-0.39, 0.29) is 11.9 Å². The maximum absolute atomic E-state index is 12.0. The van der Waals surface area contributed by atoms with E-state index in [9.17, 15) is 4.79 Å². The van der Waals surface area contributed by atoms with Crippen LogP contribution >= 0.6 is 11.5 Å². The summed E-state index contributed by atoms with van der Waals surface area (Å²) in [5.41, 5.74) is 0. The second kappa shape index (κ2) is 4.06. The molecule has 3 rings (SSSR count). The van der Waals surface area contributed by atoms with Crippen molar-refractivity contribution in [2.75, 3.05) is 11.9 Å². The molecule has 1 aliphatic carbocycles. The van der Waals surface area contributed by atoms with Crippen LogP contribution in [0.15, 0.2) is 0 Å². The quantitative estimate of drug-likeness (QED) is 0.774. The molecule has 7 heteroatoms. The van der Waals surface area contributed by atoms with Crippen LogP contribution in [0.4, 0.5) is 5.13 Å². The third-order valence-electron chi connectivity index (χ3n) is 3.56. The van der Waals surface area contributed by atoms with Crippen LogP contribution in [0.2, 0.25) is 0 Å². The van der Waals surface area contributed by atoms with Gasteiger partial charge in [-0.05, 0) is 36.4 Å². The van der Waals surface area contributed by atoms with Gasteiger partial charge in [0.15, 0.2) is 0 Å². The Balaban J connectivity index is 1.67. The first-order valence-electron chi connectivity index (χ1n) is 5.54. The third-order valence-corrected chi connectivity index (χ3v) is 4.07. The number of carbonyl (C=O) groups excluding carboxylic acids is 1. The van der Waals surface area contributed by atoms with E-state index in [0.717, 1.165) is 24.5 Å². The fraction of sp³-hybridized carbons (Fsp3) is 0.778. The Morgan fingerprint density at radius 1 is 1.50 bits per heavy atom. The van der Waals surface area contributed by atoms with E-state index in [1.165, 1.54) is 12.8 Å². The molecule has 2 aliphatic rings. The van der Waals surface area contributed by atoms with Gasteiger partial charge in [-0.3, -0.25) is 10.1 Å². The lowest BCUT2D eigenvalue weighted by atomic mass is 9.94. The highest BCUT2D eigenvalue weighted by molar-refractivity contribution is 7.09. The molecule has 1 aliphatic heterocycles. The SMILES string of the molecule is O=C(Nc1nnns1)C1NCC2CCCC21.